The number of hydrogen-bond donors (Lipinski definition) is 2. The second-order valence-corrected chi connectivity index (χ2v) is 6.66. The highest BCUT2D eigenvalue weighted by Gasteiger charge is 2.14. The maximum absolute atomic E-state index is 13.2. The molecular formula is C19H21FN4OS. The molecule has 7 heteroatoms. The first-order chi connectivity index (χ1) is 12.5. The molecule has 2 N–H and O–H groups in total. The molecule has 26 heavy (non-hydrogen) atoms. The summed E-state index contributed by atoms with van der Waals surface area (Å²) in [6, 6.07) is 13.4. The normalized spacial score (nSPS) is 14.8. The van der Waals surface area contributed by atoms with Crippen molar-refractivity contribution < 1.29 is 9.18 Å². The van der Waals surface area contributed by atoms with Crippen molar-refractivity contribution in [3.05, 3.63) is 59.9 Å². The molecule has 1 aliphatic heterocycles. The zero-order chi connectivity index (χ0) is 18.5. The van der Waals surface area contributed by atoms with E-state index >= 15 is 0 Å². The SMILES string of the molecule is CN1CCN(c2ccc(NC(=S)NC(=O)c3cccc(F)c3)cc2)CC1. The summed E-state index contributed by atoms with van der Waals surface area (Å²) in [6.45, 7) is 4.11. The van der Waals surface area contributed by atoms with Gasteiger partial charge in [0.2, 0.25) is 0 Å². The van der Waals surface area contributed by atoms with Gasteiger partial charge in [0.1, 0.15) is 5.82 Å². The van der Waals surface area contributed by atoms with Crippen molar-refractivity contribution in [2.24, 2.45) is 0 Å². The van der Waals surface area contributed by atoms with Gasteiger partial charge in [0, 0.05) is 43.1 Å². The van der Waals surface area contributed by atoms with Crippen LogP contribution in [0.1, 0.15) is 10.4 Å². The van der Waals surface area contributed by atoms with E-state index in [1.54, 1.807) is 0 Å². The second kappa shape index (κ2) is 8.25. The Balaban J connectivity index is 1.55. The van der Waals surface area contributed by atoms with Crippen LogP contribution < -0.4 is 15.5 Å². The average molecular weight is 372 g/mol. The van der Waals surface area contributed by atoms with Crippen LogP contribution in [0.2, 0.25) is 0 Å². The molecular weight excluding hydrogens is 351 g/mol. The fraction of sp³-hybridized carbons (Fsp3) is 0.263. The summed E-state index contributed by atoms with van der Waals surface area (Å²) in [6.07, 6.45) is 0. The summed E-state index contributed by atoms with van der Waals surface area (Å²) < 4.78 is 13.2. The first kappa shape index (κ1) is 18.3. The largest absolute Gasteiger partial charge is 0.369 e. The van der Waals surface area contributed by atoms with E-state index in [2.05, 4.69) is 27.5 Å². The van der Waals surface area contributed by atoms with E-state index in [4.69, 9.17) is 12.2 Å². The van der Waals surface area contributed by atoms with Crippen LogP contribution in [-0.2, 0) is 0 Å². The van der Waals surface area contributed by atoms with Gasteiger partial charge in [-0.15, -0.1) is 0 Å². The maximum Gasteiger partial charge on any atom is 0.257 e. The lowest BCUT2D eigenvalue weighted by molar-refractivity contribution is 0.0977. The van der Waals surface area contributed by atoms with Crippen molar-refractivity contribution in [1.29, 1.82) is 0 Å². The van der Waals surface area contributed by atoms with Gasteiger partial charge < -0.3 is 15.1 Å². The van der Waals surface area contributed by atoms with Gasteiger partial charge >= 0.3 is 0 Å². The molecule has 1 heterocycles. The van der Waals surface area contributed by atoms with Crippen LogP contribution in [0.3, 0.4) is 0 Å². The van der Waals surface area contributed by atoms with Crippen LogP contribution in [-0.4, -0.2) is 49.1 Å². The predicted octanol–water partition coefficient (Wildman–Crippen LogP) is 2.70. The Bertz CT molecular complexity index is 788. The van der Waals surface area contributed by atoms with Gasteiger partial charge in [0.25, 0.3) is 5.91 Å². The Labute approximate surface area is 157 Å². The van der Waals surface area contributed by atoms with Crippen molar-refractivity contribution in [3.8, 4) is 0 Å². The maximum atomic E-state index is 13.2. The summed E-state index contributed by atoms with van der Waals surface area (Å²) in [5.74, 6) is -0.910. The number of piperazine rings is 1. The molecule has 1 saturated heterocycles. The average Bonchev–Trinajstić information content (AvgIpc) is 2.63. The lowest BCUT2D eigenvalue weighted by atomic mass is 10.2. The number of carbonyl (C=O) groups excluding carboxylic acids is 1. The van der Waals surface area contributed by atoms with E-state index in [1.165, 1.54) is 30.0 Å². The summed E-state index contributed by atoms with van der Waals surface area (Å²) in [7, 11) is 2.13. The van der Waals surface area contributed by atoms with Crippen LogP contribution in [0, 0.1) is 5.82 Å². The smallest absolute Gasteiger partial charge is 0.257 e. The number of nitrogens with one attached hydrogen (secondary N) is 2. The summed E-state index contributed by atoms with van der Waals surface area (Å²) in [5, 5.41) is 5.70. The number of amides is 1. The fourth-order valence-electron chi connectivity index (χ4n) is 2.79. The molecule has 1 fully saturated rings. The molecule has 5 nitrogen and oxygen atoms in total. The monoisotopic (exact) mass is 372 g/mol. The van der Waals surface area contributed by atoms with Crippen LogP contribution >= 0.6 is 12.2 Å². The number of likely N-dealkylation sites (N-methyl/N-ethyl adjacent to an activating group) is 1. The van der Waals surface area contributed by atoms with Crippen LogP contribution in [0.5, 0.6) is 0 Å². The zero-order valence-corrected chi connectivity index (χ0v) is 15.4. The highest BCUT2D eigenvalue weighted by atomic mass is 32.1. The molecule has 2 aromatic carbocycles. The molecule has 0 saturated carbocycles. The number of benzene rings is 2. The van der Waals surface area contributed by atoms with Gasteiger partial charge in [-0.3, -0.25) is 10.1 Å². The highest BCUT2D eigenvalue weighted by Crippen LogP contribution is 2.19. The lowest BCUT2D eigenvalue weighted by Crippen LogP contribution is -2.44. The van der Waals surface area contributed by atoms with Crippen molar-refractivity contribution >= 4 is 34.6 Å². The van der Waals surface area contributed by atoms with Gasteiger partial charge in [-0.2, -0.15) is 0 Å². The summed E-state index contributed by atoms with van der Waals surface area (Å²) >= 11 is 5.16. The minimum absolute atomic E-state index is 0.173. The van der Waals surface area contributed by atoms with E-state index in [-0.39, 0.29) is 10.7 Å². The molecule has 0 spiro atoms. The van der Waals surface area contributed by atoms with E-state index < -0.39 is 11.7 Å². The van der Waals surface area contributed by atoms with Crippen molar-refractivity contribution in [2.75, 3.05) is 43.4 Å². The zero-order valence-electron chi connectivity index (χ0n) is 14.5. The first-order valence-corrected chi connectivity index (χ1v) is 8.83. The lowest BCUT2D eigenvalue weighted by Gasteiger charge is -2.34. The van der Waals surface area contributed by atoms with Crippen molar-refractivity contribution in [3.63, 3.8) is 0 Å². The molecule has 0 radical (unpaired) electrons. The van der Waals surface area contributed by atoms with Crippen LogP contribution in [0.25, 0.3) is 0 Å². The van der Waals surface area contributed by atoms with E-state index in [9.17, 15) is 9.18 Å². The van der Waals surface area contributed by atoms with Crippen molar-refractivity contribution in [2.45, 2.75) is 0 Å². The molecule has 2 aromatic rings. The first-order valence-electron chi connectivity index (χ1n) is 8.43. The Morgan fingerprint density at radius 3 is 2.42 bits per heavy atom. The third-order valence-electron chi connectivity index (χ3n) is 4.31. The predicted molar refractivity (Wildman–Crippen MR) is 106 cm³/mol. The minimum Gasteiger partial charge on any atom is -0.369 e. The Morgan fingerprint density at radius 1 is 1.08 bits per heavy atom. The standard InChI is InChI=1S/C19H21FN4OS/c1-23-9-11-24(12-10-23)17-7-5-16(6-8-17)21-19(26)22-18(25)14-3-2-4-15(20)13-14/h2-8,13H,9-12H2,1H3,(H2,21,22,25,26). The molecule has 0 atom stereocenters. The molecule has 0 aliphatic carbocycles. The Kier molecular flexibility index (Phi) is 5.80. The number of halogens is 1. The van der Waals surface area contributed by atoms with E-state index in [0.717, 1.165) is 31.9 Å². The van der Waals surface area contributed by atoms with Crippen LogP contribution in [0.15, 0.2) is 48.5 Å². The third kappa shape index (κ3) is 4.77. The fourth-order valence-corrected chi connectivity index (χ4v) is 3.00. The van der Waals surface area contributed by atoms with Crippen LogP contribution in [0.4, 0.5) is 15.8 Å². The number of rotatable bonds is 3. The quantitative estimate of drug-likeness (QED) is 0.812. The Morgan fingerprint density at radius 2 is 1.77 bits per heavy atom. The third-order valence-corrected chi connectivity index (χ3v) is 4.51. The molecule has 0 unspecified atom stereocenters. The van der Waals surface area contributed by atoms with Gasteiger partial charge in [0.15, 0.2) is 5.11 Å². The molecule has 0 bridgehead atoms. The number of hydrogen-bond acceptors (Lipinski definition) is 4. The molecule has 136 valence electrons. The van der Waals surface area contributed by atoms with Gasteiger partial charge in [0.05, 0.1) is 0 Å². The van der Waals surface area contributed by atoms with Gasteiger partial charge in [-0.25, -0.2) is 4.39 Å². The number of carbonyl (C=O) groups is 1. The molecule has 3 rings (SSSR count). The van der Waals surface area contributed by atoms with E-state index in [1.807, 2.05) is 24.3 Å². The molecule has 1 amide bonds. The molecule has 0 aromatic heterocycles. The Hall–Kier alpha value is -2.51. The van der Waals surface area contributed by atoms with Crippen molar-refractivity contribution in [1.82, 2.24) is 10.2 Å². The number of anilines is 2. The number of thiocarbonyl (C=S) groups is 1. The minimum atomic E-state index is -0.462. The number of nitrogens with zero attached hydrogens (tertiary/aromatic N) is 2. The highest BCUT2D eigenvalue weighted by molar-refractivity contribution is 7.80. The van der Waals surface area contributed by atoms with Gasteiger partial charge in [-0.1, -0.05) is 6.07 Å². The second-order valence-electron chi connectivity index (χ2n) is 6.26. The van der Waals surface area contributed by atoms with Gasteiger partial charge in [-0.05, 0) is 61.7 Å². The molecule has 1 aliphatic rings. The topological polar surface area (TPSA) is 47.6 Å². The summed E-state index contributed by atoms with van der Waals surface area (Å²) in [4.78, 5) is 16.7. The van der Waals surface area contributed by atoms with E-state index in [0.29, 0.717) is 0 Å². The summed E-state index contributed by atoms with van der Waals surface area (Å²) in [5.41, 5.74) is 2.17.